The third-order valence-corrected chi connectivity index (χ3v) is 4.33. The molecule has 4 nitrogen and oxygen atoms in total. The van der Waals surface area contributed by atoms with Gasteiger partial charge in [0.2, 0.25) is 0 Å². The number of hydrogen-bond acceptors (Lipinski definition) is 3. The highest BCUT2D eigenvalue weighted by atomic mass is 79.9. The summed E-state index contributed by atoms with van der Waals surface area (Å²) < 4.78 is 1.93. The Balaban J connectivity index is 2.29. The zero-order valence-electron chi connectivity index (χ0n) is 11.3. The Morgan fingerprint density at radius 2 is 2.00 bits per heavy atom. The Bertz CT molecular complexity index is 662. The molecular weight excluding hydrogens is 400 g/mol. The molecule has 0 aliphatic heterocycles. The van der Waals surface area contributed by atoms with Gasteiger partial charge in [-0.15, -0.1) is 0 Å². The van der Waals surface area contributed by atoms with Crippen LogP contribution in [-0.4, -0.2) is 4.92 Å². The molecule has 0 aliphatic carbocycles. The van der Waals surface area contributed by atoms with Gasteiger partial charge in [-0.2, -0.15) is 0 Å². The summed E-state index contributed by atoms with van der Waals surface area (Å²) in [5, 5.41) is 14.3. The van der Waals surface area contributed by atoms with E-state index < -0.39 is 0 Å². The van der Waals surface area contributed by atoms with Gasteiger partial charge in [0.1, 0.15) is 0 Å². The highest BCUT2D eigenvalue weighted by Crippen LogP contribution is 2.31. The van der Waals surface area contributed by atoms with Crippen LogP contribution in [0.5, 0.6) is 0 Å². The van der Waals surface area contributed by atoms with E-state index in [0.29, 0.717) is 0 Å². The predicted molar refractivity (Wildman–Crippen MR) is 91.6 cm³/mol. The molecule has 0 amide bonds. The van der Waals surface area contributed by atoms with Gasteiger partial charge in [0.15, 0.2) is 0 Å². The summed E-state index contributed by atoms with van der Waals surface area (Å²) in [6.07, 6.45) is 0.820. The summed E-state index contributed by atoms with van der Waals surface area (Å²) in [5.74, 6) is 0. The Morgan fingerprint density at radius 3 is 2.67 bits per heavy atom. The topological polar surface area (TPSA) is 55.2 Å². The third kappa shape index (κ3) is 4.04. The van der Waals surface area contributed by atoms with Crippen LogP contribution in [0, 0.1) is 10.1 Å². The molecule has 0 heterocycles. The van der Waals surface area contributed by atoms with Crippen LogP contribution in [0.3, 0.4) is 0 Å². The summed E-state index contributed by atoms with van der Waals surface area (Å²) in [6.45, 7) is 2.04. The lowest BCUT2D eigenvalue weighted by Crippen LogP contribution is -2.10. The second-order valence-electron chi connectivity index (χ2n) is 4.58. The minimum atomic E-state index is -0.370. The molecule has 0 saturated heterocycles. The van der Waals surface area contributed by atoms with Crippen molar-refractivity contribution in [2.75, 3.05) is 5.32 Å². The number of rotatable bonds is 5. The lowest BCUT2D eigenvalue weighted by atomic mass is 10.0. The standard InChI is InChI=1S/C15H14Br2N2O2/c1-2-14(10-4-3-5-12(8-10)19(20)21)18-15-9-11(16)6-7-13(15)17/h3-9,14,18H,2H2,1H3. The number of hydrogen-bond donors (Lipinski definition) is 1. The SMILES string of the molecule is CCC(Nc1cc(Br)ccc1Br)c1cccc([N+](=O)[O-])c1. The van der Waals surface area contributed by atoms with Gasteiger partial charge in [-0.1, -0.05) is 35.0 Å². The summed E-state index contributed by atoms with van der Waals surface area (Å²) in [4.78, 5) is 10.5. The summed E-state index contributed by atoms with van der Waals surface area (Å²) >= 11 is 6.95. The van der Waals surface area contributed by atoms with E-state index in [1.807, 2.05) is 31.2 Å². The predicted octanol–water partition coefficient (Wildman–Crippen LogP) is 5.68. The number of anilines is 1. The molecule has 0 aliphatic rings. The van der Waals surface area contributed by atoms with Crippen molar-refractivity contribution in [3.63, 3.8) is 0 Å². The van der Waals surface area contributed by atoms with E-state index in [1.165, 1.54) is 6.07 Å². The Kier molecular flexibility index (Phi) is 5.36. The molecule has 0 spiro atoms. The summed E-state index contributed by atoms with van der Waals surface area (Å²) in [6, 6.07) is 12.6. The highest BCUT2D eigenvalue weighted by molar-refractivity contribution is 9.11. The molecule has 0 fully saturated rings. The van der Waals surface area contributed by atoms with E-state index in [0.717, 1.165) is 26.6 Å². The quantitative estimate of drug-likeness (QED) is 0.506. The average Bonchev–Trinajstić information content (AvgIpc) is 2.48. The van der Waals surface area contributed by atoms with Crippen molar-refractivity contribution < 1.29 is 4.92 Å². The van der Waals surface area contributed by atoms with Crippen LogP contribution < -0.4 is 5.32 Å². The van der Waals surface area contributed by atoms with Crippen molar-refractivity contribution in [1.29, 1.82) is 0 Å². The van der Waals surface area contributed by atoms with Crippen molar-refractivity contribution in [3.05, 3.63) is 67.1 Å². The molecule has 2 rings (SSSR count). The molecule has 1 atom stereocenters. The fourth-order valence-corrected chi connectivity index (χ4v) is 2.79. The smallest absolute Gasteiger partial charge is 0.269 e. The van der Waals surface area contributed by atoms with Gasteiger partial charge in [0, 0.05) is 21.1 Å². The van der Waals surface area contributed by atoms with E-state index in [9.17, 15) is 10.1 Å². The molecule has 0 aromatic heterocycles. The number of non-ortho nitro benzene ring substituents is 1. The minimum absolute atomic E-state index is 0.00972. The van der Waals surface area contributed by atoms with Crippen molar-refractivity contribution in [1.82, 2.24) is 0 Å². The van der Waals surface area contributed by atoms with Crippen molar-refractivity contribution in [2.24, 2.45) is 0 Å². The number of nitrogens with zero attached hydrogens (tertiary/aromatic N) is 1. The van der Waals surface area contributed by atoms with Crippen molar-refractivity contribution in [2.45, 2.75) is 19.4 Å². The largest absolute Gasteiger partial charge is 0.377 e. The highest BCUT2D eigenvalue weighted by Gasteiger charge is 2.14. The Hall–Kier alpha value is -1.40. The summed E-state index contributed by atoms with van der Waals surface area (Å²) in [7, 11) is 0. The van der Waals surface area contributed by atoms with Crippen LogP contribution in [-0.2, 0) is 0 Å². The lowest BCUT2D eigenvalue weighted by Gasteiger charge is -2.20. The zero-order chi connectivity index (χ0) is 15.4. The van der Waals surface area contributed by atoms with Gasteiger partial charge < -0.3 is 5.32 Å². The van der Waals surface area contributed by atoms with Gasteiger partial charge >= 0.3 is 0 Å². The minimum Gasteiger partial charge on any atom is -0.377 e. The Labute approximate surface area is 140 Å². The number of nitro benzene ring substituents is 1. The normalized spacial score (nSPS) is 12.0. The van der Waals surface area contributed by atoms with Crippen molar-refractivity contribution in [3.8, 4) is 0 Å². The number of benzene rings is 2. The molecule has 0 radical (unpaired) electrons. The van der Waals surface area contributed by atoms with Gasteiger partial charge in [-0.3, -0.25) is 10.1 Å². The number of halogens is 2. The Morgan fingerprint density at radius 1 is 1.24 bits per heavy atom. The maximum atomic E-state index is 10.9. The summed E-state index contributed by atoms with van der Waals surface area (Å²) in [5.41, 5.74) is 1.96. The van der Waals surface area contributed by atoms with E-state index >= 15 is 0 Å². The first-order valence-corrected chi connectivity index (χ1v) is 8.05. The van der Waals surface area contributed by atoms with E-state index in [2.05, 4.69) is 37.2 Å². The van der Waals surface area contributed by atoms with Crippen LogP contribution in [0.2, 0.25) is 0 Å². The van der Waals surface area contributed by atoms with Gasteiger partial charge in [-0.25, -0.2) is 0 Å². The van der Waals surface area contributed by atoms with Crippen LogP contribution in [0.25, 0.3) is 0 Å². The second-order valence-corrected chi connectivity index (χ2v) is 6.35. The van der Waals surface area contributed by atoms with E-state index in [1.54, 1.807) is 12.1 Å². The zero-order valence-corrected chi connectivity index (χ0v) is 14.5. The molecule has 21 heavy (non-hydrogen) atoms. The third-order valence-electron chi connectivity index (χ3n) is 3.15. The lowest BCUT2D eigenvalue weighted by molar-refractivity contribution is -0.384. The number of nitro groups is 1. The molecule has 6 heteroatoms. The fraction of sp³-hybridized carbons (Fsp3) is 0.200. The van der Waals surface area contributed by atoms with Gasteiger partial charge in [-0.05, 0) is 46.1 Å². The average molecular weight is 414 g/mol. The van der Waals surface area contributed by atoms with E-state index in [4.69, 9.17) is 0 Å². The molecular formula is C15H14Br2N2O2. The first kappa shape index (κ1) is 16.0. The first-order chi connectivity index (χ1) is 10.0. The van der Waals surface area contributed by atoms with Gasteiger partial charge in [0.05, 0.1) is 16.7 Å². The molecule has 2 aromatic rings. The van der Waals surface area contributed by atoms with Crippen molar-refractivity contribution >= 4 is 43.2 Å². The molecule has 0 saturated carbocycles. The second kappa shape index (κ2) is 7.04. The number of nitrogens with one attached hydrogen (secondary N) is 1. The van der Waals surface area contributed by atoms with Crippen LogP contribution in [0.1, 0.15) is 24.9 Å². The fourth-order valence-electron chi connectivity index (χ4n) is 2.07. The molecule has 0 bridgehead atoms. The van der Waals surface area contributed by atoms with Crippen LogP contribution >= 0.6 is 31.9 Å². The van der Waals surface area contributed by atoms with Gasteiger partial charge in [0.25, 0.3) is 5.69 Å². The molecule has 110 valence electrons. The van der Waals surface area contributed by atoms with Crippen LogP contribution in [0.4, 0.5) is 11.4 Å². The maximum Gasteiger partial charge on any atom is 0.269 e. The molecule has 1 N–H and O–H groups in total. The monoisotopic (exact) mass is 412 g/mol. The molecule has 1 unspecified atom stereocenters. The first-order valence-electron chi connectivity index (χ1n) is 6.47. The molecule has 2 aromatic carbocycles. The van der Waals surface area contributed by atoms with E-state index in [-0.39, 0.29) is 16.7 Å². The van der Waals surface area contributed by atoms with Crippen LogP contribution in [0.15, 0.2) is 51.4 Å². The maximum absolute atomic E-state index is 10.9.